The second kappa shape index (κ2) is 4.61. The van der Waals surface area contributed by atoms with Crippen molar-refractivity contribution in [2.75, 3.05) is 0 Å². The molecule has 9 N–H and O–H groups in total. The van der Waals surface area contributed by atoms with Crippen molar-refractivity contribution in [1.29, 1.82) is 0 Å². The maximum Gasteiger partial charge on any atom is 0.416 e. The van der Waals surface area contributed by atoms with Crippen molar-refractivity contribution >= 4 is 0 Å². The van der Waals surface area contributed by atoms with Gasteiger partial charge in [-0.1, -0.05) is 6.58 Å². The Bertz CT molecular complexity index is 354. The first-order valence-corrected chi connectivity index (χ1v) is 4.59. The van der Waals surface area contributed by atoms with Gasteiger partial charge in [0.2, 0.25) is 0 Å². The Balaban J connectivity index is 3.31. The molecule has 0 saturated carbocycles. The van der Waals surface area contributed by atoms with E-state index >= 15 is 0 Å². The molecule has 0 bridgehead atoms. The van der Waals surface area contributed by atoms with Crippen LogP contribution < -0.4 is 0 Å². The lowest BCUT2D eigenvalue weighted by atomic mass is 10.4. The van der Waals surface area contributed by atoms with Crippen molar-refractivity contribution in [1.82, 2.24) is 0 Å². The van der Waals surface area contributed by atoms with E-state index in [-0.39, 0.29) is 6.08 Å². The smallest absolute Gasteiger partial charge is 0.340 e. The van der Waals surface area contributed by atoms with Crippen molar-refractivity contribution in [3.8, 4) is 0 Å². The molecule has 0 aromatic rings. The average Bonchev–Trinajstić information content (AvgIpc) is 2.10. The largest absolute Gasteiger partial charge is 0.416 e. The van der Waals surface area contributed by atoms with Gasteiger partial charge in [0, 0.05) is 0 Å². The summed E-state index contributed by atoms with van der Waals surface area (Å²) in [5.41, 5.74) is 0. The van der Waals surface area contributed by atoms with Gasteiger partial charge >= 0.3 is 30.2 Å². The zero-order valence-electron chi connectivity index (χ0n) is 9.44. The van der Waals surface area contributed by atoms with E-state index in [2.05, 4.69) is 25.5 Å². The fourth-order valence-corrected chi connectivity index (χ4v) is 1.03. The molecule has 0 aliphatic carbocycles. The number of ether oxygens (including phenoxy) is 4. The summed E-state index contributed by atoms with van der Waals surface area (Å²) in [4.78, 5) is 0. The van der Waals surface area contributed by atoms with Gasteiger partial charge < -0.3 is 46.0 Å². The molecule has 1 rings (SSSR count). The summed E-state index contributed by atoms with van der Waals surface area (Å²) in [5, 5.41) is 82.0. The molecular formula is C7H12O13. The van der Waals surface area contributed by atoms with Gasteiger partial charge in [-0.25, -0.2) is 18.9 Å². The topological polar surface area (TPSA) is 219 Å². The predicted octanol–water partition coefficient (Wildman–Crippen LogP) is -5.63. The highest BCUT2D eigenvalue weighted by Crippen LogP contribution is 2.34. The molecule has 0 aromatic carbocycles. The summed E-state index contributed by atoms with van der Waals surface area (Å²) < 4.78 is 14.7. The van der Waals surface area contributed by atoms with Crippen LogP contribution in [0.2, 0.25) is 0 Å². The van der Waals surface area contributed by atoms with Gasteiger partial charge in [0.25, 0.3) is 0 Å². The van der Waals surface area contributed by atoms with Gasteiger partial charge in [-0.3, -0.25) is 0 Å². The Morgan fingerprint density at radius 3 is 1.15 bits per heavy atom. The van der Waals surface area contributed by atoms with E-state index in [9.17, 15) is 5.11 Å². The van der Waals surface area contributed by atoms with E-state index in [0.717, 1.165) is 0 Å². The molecule has 0 aromatic heterocycles. The molecule has 1 aliphatic heterocycles. The zero-order chi connectivity index (χ0) is 16.0. The highest BCUT2D eigenvalue weighted by molar-refractivity contribution is 4.81. The summed E-state index contributed by atoms with van der Waals surface area (Å²) in [6.07, 6.45) is -8.06. The van der Waals surface area contributed by atoms with Crippen LogP contribution >= 0.6 is 0 Å². The molecule has 118 valence electrons. The van der Waals surface area contributed by atoms with Gasteiger partial charge in [-0.05, 0) is 6.08 Å². The monoisotopic (exact) mass is 304 g/mol. The zero-order valence-corrected chi connectivity index (χ0v) is 9.44. The molecule has 13 nitrogen and oxygen atoms in total. The first kappa shape index (κ1) is 17.3. The Labute approximate surface area is 109 Å². The van der Waals surface area contributed by atoms with E-state index in [1.54, 1.807) is 0 Å². The molecule has 1 aliphatic rings. The highest BCUT2D eigenvalue weighted by atomic mass is 17.1. The van der Waals surface area contributed by atoms with Crippen LogP contribution in [0.25, 0.3) is 0 Å². The molecule has 0 spiro atoms. The van der Waals surface area contributed by atoms with Crippen LogP contribution in [0.3, 0.4) is 0 Å². The molecule has 1 saturated heterocycles. The SMILES string of the molecule is C=CC1(O)OC(O)(O)OC(O)(O)C(O)(O)OC(O)(O)O1. The molecule has 0 radical (unpaired) electrons. The Morgan fingerprint density at radius 2 is 0.900 bits per heavy atom. The molecule has 0 amide bonds. The van der Waals surface area contributed by atoms with E-state index in [0.29, 0.717) is 0 Å². The third kappa shape index (κ3) is 3.65. The average molecular weight is 304 g/mol. The molecule has 0 unspecified atom stereocenters. The summed E-state index contributed by atoms with van der Waals surface area (Å²) in [5.74, 6) is -12.2. The molecule has 13 heteroatoms. The number of hydrogen-bond donors (Lipinski definition) is 9. The third-order valence-corrected chi connectivity index (χ3v) is 1.79. The van der Waals surface area contributed by atoms with Crippen molar-refractivity contribution in [2.45, 2.75) is 30.2 Å². The van der Waals surface area contributed by atoms with Crippen LogP contribution in [0.1, 0.15) is 0 Å². The van der Waals surface area contributed by atoms with Crippen LogP contribution in [-0.2, 0) is 18.9 Å². The minimum Gasteiger partial charge on any atom is -0.340 e. The van der Waals surface area contributed by atoms with E-state index in [1.807, 2.05) is 0 Å². The van der Waals surface area contributed by atoms with Crippen molar-refractivity contribution in [2.24, 2.45) is 0 Å². The number of aliphatic hydroxyl groups is 9. The summed E-state index contributed by atoms with van der Waals surface area (Å²) in [7, 11) is 0. The summed E-state index contributed by atoms with van der Waals surface area (Å²) in [6.45, 7) is 2.86. The van der Waals surface area contributed by atoms with Crippen LogP contribution in [0.15, 0.2) is 12.7 Å². The Hall–Kier alpha value is -0.780. The van der Waals surface area contributed by atoms with Gasteiger partial charge in [0.15, 0.2) is 0 Å². The molecule has 1 fully saturated rings. The van der Waals surface area contributed by atoms with Crippen molar-refractivity contribution in [3.63, 3.8) is 0 Å². The van der Waals surface area contributed by atoms with Crippen molar-refractivity contribution < 1.29 is 64.9 Å². The predicted molar refractivity (Wildman–Crippen MR) is 48.2 cm³/mol. The minimum atomic E-state index is -4.39. The van der Waals surface area contributed by atoms with Crippen molar-refractivity contribution in [3.05, 3.63) is 12.7 Å². The van der Waals surface area contributed by atoms with Gasteiger partial charge in [-0.2, -0.15) is 0 Å². The van der Waals surface area contributed by atoms with Gasteiger partial charge in [0.05, 0.1) is 0 Å². The minimum absolute atomic E-state index is 0.209. The quantitative estimate of drug-likeness (QED) is 0.163. The molecular weight excluding hydrogens is 292 g/mol. The van der Waals surface area contributed by atoms with Gasteiger partial charge in [-0.15, -0.1) is 0 Å². The first-order chi connectivity index (χ1) is 8.64. The van der Waals surface area contributed by atoms with E-state index < -0.39 is 30.2 Å². The molecule has 20 heavy (non-hydrogen) atoms. The van der Waals surface area contributed by atoms with E-state index in [4.69, 9.17) is 40.9 Å². The second-order valence-electron chi connectivity index (χ2n) is 3.56. The second-order valence-corrected chi connectivity index (χ2v) is 3.56. The lowest BCUT2D eigenvalue weighted by Crippen LogP contribution is -2.63. The normalized spacial score (nSPS) is 30.6. The maximum atomic E-state index is 9.43. The van der Waals surface area contributed by atoms with Crippen LogP contribution in [-0.4, -0.2) is 76.2 Å². The summed E-state index contributed by atoms with van der Waals surface area (Å²) in [6, 6.07) is 0. The number of rotatable bonds is 1. The van der Waals surface area contributed by atoms with Crippen LogP contribution in [0.4, 0.5) is 0 Å². The fraction of sp³-hybridized carbons (Fsp3) is 0.714. The standard InChI is InChI=1S/C7H12O13/c1-2-3(8)17-6(13,14)19-4(9,10)5(11,12)20-7(15,16)18-3/h2,8-16H,1H2. The Kier molecular flexibility index (Phi) is 3.98. The lowest BCUT2D eigenvalue weighted by Gasteiger charge is -2.35. The molecule has 1 heterocycles. The third-order valence-electron chi connectivity index (χ3n) is 1.79. The Morgan fingerprint density at radius 1 is 0.600 bits per heavy atom. The van der Waals surface area contributed by atoms with Crippen LogP contribution in [0.5, 0.6) is 0 Å². The molecule has 0 atom stereocenters. The van der Waals surface area contributed by atoms with Gasteiger partial charge in [0.1, 0.15) is 0 Å². The fourth-order valence-electron chi connectivity index (χ4n) is 1.03. The summed E-state index contributed by atoms with van der Waals surface area (Å²) >= 11 is 0. The number of hydrogen-bond acceptors (Lipinski definition) is 13. The first-order valence-electron chi connectivity index (χ1n) is 4.59. The lowest BCUT2D eigenvalue weighted by molar-refractivity contribution is -0.632. The maximum absolute atomic E-state index is 9.43. The highest BCUT2D eigenvalue weighted by Gasteiger charge is 2.63. The van der Waals surface area contributed by atoms with E-state index in [1.165, 1.54) is 0 Å². The van der Waals surface area contributed by atoms with Crippen LogP contribution in [0, 0.1) is 0 Å².